The van der Waals surface area contributed by atoms with E-state index in [1.807, 2.05) is 19.1 Å². The average Bonchev–Trinajstić information content (AvgIpc) is 3.06. The fraction of sp³-hybridized carbons (Fsp3) is 0.312. The van der Waals surface area contributed by atoms with Gasteiger partial charge in [-0.25, -0.2) is 9.59 Å². The second-order valence-corrected chi connectivity index (χ2v) is 5.37. The zero-order valence-corrected chi connectivity index (χ0v) is 13.4. The van der Waals surface area contributed by atoms with Gasteiger partial charge in [-0.05, 0) is 25.1 Å². The summed E-state index contributed by atoms with van der Waals surface area (Å²) in [4.78, 5) is 27.7. The maximum atomic E-state index is 12.1. The molecule has 9 heteroatoms. The van der Waals surface area contributed by atoms with Crippen molar-refractivity contribution in [3.8, 4) is 5.75 Å². The van der Waals surface area contributed by atoms with Gasteiger partial charge in [-0.3, -0.25) is 9.88 Å². The summed E-state index contributed by atoms with van der Waals surface area (Å²) >= 11 is 0. The predicted molar refractivity (Wildman–Crippen MR) is 86.3 cm³/mol. The Morgan fingerprint density at radius 3 is 2.80 bits per heavy atom. The van der Waals surface area contributed by atoms with E-state index in [1.54, 1.807) is 12.1 Å². The number of aliphatic hydroxyl groups excluding tert-OH is 1. The standard InChI is InChI=1S/C16H17N3O6/c1-10-2-4-11(5-3-10)24-16(22)18-12-6-7-19(15(21)17-12)13-9-23-14(8-20)25-13/h2-7,13-14,20H,8-9H2,1H3,(H,17,18,21,22)/t13-,14-/m0/s1. The van der Waals surface area contributed by atoms with Gasteiger partial charge in [0.25, 0.3) is 0 Å². The van der Waals surface area contributed by atoms with Crippen LogP contribution >= 0.6 is 0 Å². The van der Waals surface area contributed by atoms with E-state index in [0.717, 1.165) is 5.56 Å². The summed E-state index contributed by atoms with van der Waals surface area (Å²) < 4.78 is 16.8. The lowest BCUT2D eigenvalue weighted by molar-refractivity contribution is -0.0992. The Hall–Kier alpha value is -2.75. The Kier molecular flexibility index (Phi) is 5.08. The zero-order valence-electron chi connectivity index (χ0n) is 13.4. The second kappa shape index (κ2) is 7.43. The summed E-state index contributed by atoms with van der Waals surface area (Å²) in [5, 5.41) is 11.4. The van der Waals surface area contributed by atoms with Gasteiger partial charge in [0.1, 0.15) is 11.6 Å². The molecule has 2 atom stereocenters. The van der Waals surface area contributed by atoms with Crippen LogP contribution in [0.5, 0.6) is 5.75 Å². The van der Waals surface area contributed by atoms with Crippen LogP contribution in [0.2, 0.25) is 0 Å². The Labute approximate surface area is 142 Å². The summed E-state index contributed by atoms with van der Waals surface area (Å²) in [5.41, 5.74) is 0.417. The number of aryl methyl sites for hydroxylation is 1. The molecule has 3 rings (SSSR count). The van der Waals surface area contributed by atoms with Crippen molar-refractivity contribution in [2.75, 3.05) is 18.5 Å². The van der Waals surface area contributed by atoms with Crippen molar-refractivity contribution in [3.05, 3.63) is 52.6 Å². The maximum absolute atomic E-state index is 12.1. The lowest BCUT2D eigenvalue weighted by Gasteiger charge is -2.12. The van der Waals surface area contributed by atoms with Crippen LogP contribution < -0.4 is 15.7 Å². The number of ether oxygens (including phenoxy) is 3. The van der Waals surface area contributed by atoms with Crippen LogP contribution in [0.3, 0.4) is 0 Å². The number of nitrogens with zero attached hydrogens (tertiary/aromatic N) is 2. The Balaban J connectivity index is 1.63. The molecular formula is C16H17N3O6. The van der Waals surface area contributed by atoms with Crippen LogP contribution in [0.1, 0.15) is 11.8 Å². The minimum atomic E-state index is -0.765. The van der Waals surface area contributed by atoms with E-state index in [1.165, 1.54) is 16.8 Å². The van der Waals surface area contributed by atoms with E-state index in [9.17, 15) is 9.59 Å². The molecule has 1 aliphatic rings. The summed E-state index contributed by atoms with van der Waals surface area (Å²) in [7, 11) is 0. The highest BCUT2D eigenvalue weighted by Crippen LogP contribution is 2.19. The minimum absolute atomic E-state index is 0.0518. The van der Waals surface area contributed by atoms with E-state index in [2.05, 4.69) is 10.3 Å². The number of carbonyl (C=O) groups is 1. The number of hydrogen-bond acceptors (Lipinski definition) is 7. The molecule has 25 heavy (non-hydrogen) atoms. The largest absolute Gasteiger partial charge is 0.418 e. The van der Waals surface area contributed by atoms with Crippen molar-refractivity contribution < 1.29 is 24.1 Å². The fourth-order valence-corrected chi connectivity index (χ4v) is 2.23. The van der Waals surface area contributed by atoms with Crippen LogP contribution in [-0.4, -0.2) is 40.3 Å². The molecule has 1 aromatic heterocycles. The first-order valence-corrected chi connectivity index (χ1v) is 7.58. The van der Waals surface area contributed by atoms with E-state index >= 15 is 0 Å². The highest BCUT2D eigenvalue weighted by atomic mass is 16.7. The number of aliphatic hydroxyl groups is 1. The van der Waals surface area contributed by atoms with Gasteiger partial charge in [0.2, 0.25) is 0 Å². The van der Waals surface area contributed by atoms with E-state index in [-0.39, 0.29) is 19.0 Å². The van der Waals surface area contributed by atoms with Gasteiger partial charge in [-0.2, -0.15) is 4.98 Å². The molecule has 0 spiro atoms. The van der Waals surface area contributed by atoms with E-state index < -0.39 is 24.3 Å². The normalized spacial score (nSPS) is 19.6. The number of carbonyl (C=O) groups excluding carboxylic acids is 1. The van der Waals surface area contributed by atoms with Crippen LogP contribution in [0, 0.1) is 6.92 Å². The number of hydrogen-bond donors (Lipinski definition) is 2. The first-order valence-electron chi connectivity index (χ1n) is 7.58. The van der Waals surface area contributed by atoms with Crippen LogP contribution in [0.4, 0.5) is 10.6 Å². The zero-order chi connectivity index (χ0) is 17.8. The summed E-state index contributed by atoms with van der Waals surface area (Å²) in [6.07, 6.45) is -0.774. The highest BCUT2D eigenvalue weighted by Gasteiger charge is 2.27. The van der Waals surface area contributed by atoms with Crippen molar-refractivity contribution in [1.29, 1.82) is 0 Å². The van der Waals surface area contributed by atoms with Gasteiger partial charge < -0.3 is 19.3 Å². The highest BCUT2D eigenvalue weighted by molar-refractivity contribution is 5.84. The van der Waals surface area contributed by atoms with Crippen molar-refractivity contribution >= 4 is 11.9 Å². The van der Waals surface area contributed by atoms with Crippen molar-refractivity contribution in [2.24, 2.45) is 0 Å². The summed E-state index contributed by atoms with van der Waals surface area (Å²) in [5.74, 6) is 0.430. The lowest BCUT2D eigenvalue weighted by atomic mass is 10.2. The number of anilines is 1. The number of amides is 1. The first kappa shape index (κ1) is 17.1. The van der Waals surface area contributed by atoms with Crippen molar-refractivity contribution in [3.63, 3.8) is 0 Å². The molecule has 0 saturated carbocycles. The molecule has 1 saturated heterocycles. The molecule has 0 unspecified atom stereocenters. The number of aromatic nitrogens is 2. The quantitative estimate of drug-likeness (QED) is 0.849. The monoisotopic (exact) mass is 347 g/mol. The SMILES string of the molecule is Cc1ccc(OC(=O)Nc2ccn([C@@H]3CO[C@H](CO)O3)c(=O)n2)cc1. The third-order valence-electron chi connectivity index (χ3n) is 3.48. The molecule has 2 N–H and O–H groups in total. The van der Waals surface area contributed by atoms with Crippen LogP contribution in [0.25, 0.3) is 0 Å². The van der Waals surface area contributed by atoms with Gasteiger partial charge in [-0.1, -0.05) is 17.7 Å². The Morgan fingerprint density at radius 1 is 1.40 bits per heavy atom. The Morgan fingerprint density at radius 2 is 2.16 bits per heavy atom. The molecule has 1 aliphatic heterocycles. The molecule has 9 nitrogen and oxygen atoms in total. The van der Waals surface area contributed by atoms with Gasteiger partial charge in [0.15, 0.2) is 12.5 Å². The molecule has 1 amide bonds. The summed E-state index contributed by atoms with van der Waals surface area (Å²) in [6.45, 7) is 1.74. The lowest BCUT2D eigenvalue weighted by Crippen LogP contribution is -2.29. The van der Waals surface area contributed by atoms with Crippen LogP contribution in [0.15, 0.2) is 41.3 Å². The van der Waals surface area contributed by atoms with Crippen molar-refractivity contribution in [2.45, 2.75) is 19.4 Å². The van der Waals surface area contributed by atoms with Gasteiger partial charge >= 0.3 is 11.8 Å². The van der Waals surface area contributed by atoms with Gasteiger partial charge in [0, 0.05) is 6.20 Å². The first-order chi connectivity index (χ1) is 12.0. The molecule has 2 heterocycles. The van der Waals surface area contributed by atoms with E-state index in [4.69, 9.17) is 19.3 Å². The Bertz CT molecular complexity index is 804. The van der Waals surface area contributed by atoms with E-state index in [0.29, 0.717) is 5.75 Å². The smallest absolute Gasteiger partial charge is 0.410 e. The minimum Gasteiger partial charge on any atom is -0.410 e. The average molecular weight is 347 g/mol. The fourth-order valence-electron chi connectivity index (χ4n) is 2.23. The number of benzene rings is 1. The third kappa shape index (κ3) is 4.21. The predicted octanol–water partition coefficient (Wildman–Crippen LogP) is 1.03. The maximum Gasteiger partial charge on any atom is 0.418 e. The van der Waals surface area contributed by atoms with Gasteiger partial charge in [0.05, 0.1) is 13.2 Å². The third-order valence-corrected chi connectivity index (χ3v) is 3.48. The number of nitrogens with one attached hydrogen (secondary N) is 1. The topological polar surface area (TPSA) is 112 Å². The van der Waals surface area contributed by atoms with Crippen molar-refractivity contribution in [1.82, 2.24) is 9.55 Å². The molecular weight excluding hydrogens is 330 g/mol. The molecule has 0 aliphatic carbocycles. The molecule has 0 bridgehead atoms. The molecule has 1 fully saturated rings. The molecule has 1 aromatic carbocycles. The molecule has 132 valence electrons. The molecule has 0 radical (unpaired) electrons. The second-order valence-electron chi connectivity index (χ2n) is 5.37. The van der Waals surface area contributed by atoms with Crippen LogP contribution in [-0.2, 0) is 9.47 Å². The van der Waals surface area contributed by atoms with Gasteiger partial charge in [-0.15, -0.1) is 0 Å². The number of rotatable bonds is 4. The summed E-state index contributed by atoms with van der Waals surface area (Å²) in [6, 6.07) is 8.38. The molecule has 2 aromatic rings.